The Labute approximate surface area is 75.5 Å². The summed E-state index contributed by atoms with van der Waals surface area (Å²) in [6.45, 7) is 0. The van der Waals surface area contributed by atoms with Gasteiger partial charge in [0.25, 0.3) is 5.91 Å². The molecule has 4 heteroatoms. The van der Waals surface area contributed by atoms with Crippen molar-refractivity contribution in [1.29, 1.82) is 0 Å². The second-order valence-electron chi connectivity index (χ2n) is 2.56. The minimum Gasteiger partial charge on any atom is -0.508 e. The number of hydrogen-bond acceptors (Lipinski definition) is 3. The lowest BCUT2D eigenvalue weighted by Gasteiger charge is -1.96. The highest BCUT2D eigenvalue weighted by molar-refractivity contribution is 5.95. The van der Waals surface area contributed by atoms with Gasteiger partial charge in [-0.05, 0) is 23.8 Å². The standard InChI is InChI=1S/C9H10N2O2/c10-8(9(11)13)5-6-1-3-7(12)4-2-6/h1-5,12H,10H2,(H2,11,13)/b8-5+. The second kappa shape index (κ2) is 3.62. The van der Waals surface area contributed by atoms with Crippen LogP contribution in [0.2, 0.25) is 0 Å². The molecule has 1 aromatic rings. The molecule has 0 aliphatic heterocycles. The van der Waals surface area contributed by atoms with Crippen molar-refractivity contribution in [1.82, 2.24) is 0 Å². The highest BCUT2D eigenvalue weighted by atomic mass is 16.3. The number of nitrogens with two attached hydrogens (primary N) is 2. The second-order valence-corrected chi connectivity index (χ2v) is 2.56. The Morgan fingerprint density at radius 1 is 1.23 bits per heavy atom. The van der Waals surface area contributed by atoms with Crippen molar-refractivity contribution in [2.75, 3.05) is 0 Å². The van der Waals surface area contributed by atoms with Crippen molar-refractivity contribution >= 4 is 12.0 Å². The number of carbonyl (C=O) groups excluding carboxylic acids is 1. The van der Waals surface area contributed by atoms with E-state index in [-0.39, 0.29) is 11.4 Å². The molecule has 0 atom stereocenters. The number of phenols is 1. The third-order valence-electron chi connectivity index (χ3n) is 1.50. The van der Waals surface area contributed by atoms with Crippen LogP contribution in [0, 0.1) is 0 Å². The Morgan fingerprint density at radius 3 is 2.23 bits per heavy atom. The fourth-order valence-corrected chi connectivity index (χ4v) is 0.821. The normalized spacial score (nSPS) is 11.2. The maximum atomic E-state index is 10.6. The third-order valence-corrected chi connectivity index (χ3v) is 1.50. The van der Waals surface area contributed by atoms with Gasteiger partial charge in [0.2, 0.25) is 0 Å². The van der Waals surface area contributed by atoms with Crippen LogP contribution < -0.4 is 11.5 Å². The molecule has 5 N–H and O–H groups in total. The monoisotopic (exact) mass is 178 g/mol. The van der Waals surface area contributed by atoms with Crippen LogP contribution in [0.4, 0.5) is 0 Å². The summed E-state index contributed by atoms with van der Waals surface area (Å²) in [7, 11) is 0. The molecule has 0 aliphatic carbocycles. The van der Waals surface area contributed by atoms with Crippen molar-refractivity contribution < 1.29 is 9.90 Å². The number of phenolic OH excluding ortho intramolecular Hbond substituents is 1. The van der Waals surface area contributed by atoms with Gasteiger partial charge >= 0.3 is 0 Å². The summed E-state index contributed by atoms with van der Waals surface area (Å²) in [5, 5.41) is 8.96. The highest BCUT2D eigenvalue weighted by Gasteiger charge is 1.97. The van der Waals surface area contributed by atoms with E-state index in [1.165, 1.54) is 18.2 Å². The van der Waals surface area contributed by atoms with Crippen molar-refractivity contribution in [3.8, 4) is 5.75 Å². The Morgan fingerprint density at radius 2 is 1.77 bits per heavy atom. The first kappa shape index (κ1) is 9.12. The molecule has 0 aliphatic rings. The van der Waals surface area contributed by atoms with Gasteiger partial charge in [-0.25, -0.2) is 0 Å². The van der Waals surface area contributed by atoms with E-state index in [0.29, 0.717) is 5.56 Å². The van der Waals surface area contributed by atoms with Crippen LogP contribution in [0.5, 0.6) is 5.75 Å². The van der Waals surface area contributed by atoms with E-state index in [1.54, 1.807) is 12.1 Å². The van der Waals surface area contributed by atoms with Gasteiger partial charge in [-0.3, -0.25) is 4.79 Å². The Hall–Kier alpha value is -1.97. The van der Waals surface area contributed by atoms with E-state index < -0.39 is 5.91 Å². The largest absolute Gasteiger partial charge is 0.508 e. The quantitative estimate of drug-likeness (QED) is 0.564. The average molecular weight is 178 g/mol. The average Bonchev–Trinajstić information content (AvgIpc) is 2.08. The first-order valence-corrected chi connectivity index (χ1v) is 3.65. The van der Waals surface area contributed by atoms with Crippen molar-refractivity contribution in [3.63, 3.8) is 0 Å². The van der Waals surface area contributed by atoms with Crippen LogP contribution in [0.15, 0.2) is 30.0 Å². The molecule has 0 saturated carbocycles. The number of rotatable bonds is 2. The van der Waals surface area contributed by atoms with E-state index in [9.17, 15) is 4.79 Å². The molecule has 0 saturated heterocycles. The Balaban J connectivity index is 2.92. The number of primary amides is 1. The summed E-state index contributed by atoms with van der Waals surface area (Å²) < 4.78 is 0. The molecule has 0 radical (unpaired) electrons. The molecule has 68 valence electrons. The Bertz CT molecular complexity index is 341. The molecule has 13 heavy (non-hydrogen) atoms. The maximum absolute atomic E-state index is 10.6. The minimum absolute atomic E-state index is 0.00862. The zero-order chi connectivity index (χ0) is 9.84. The van der Waals surface area contributed by atoms with Gasteiger partial charge in [-0.1, -0.05) is 12.1 Å². The first-order chi connectivity index (χ1) is 6.09. The molecule has 1 aromatic carbocycles. The molecule has 4 nitrogen and oxygen atoms in total. The zero-order valence-corrected chi connectivity index (χ0v) is 6.90. The predicted molar refractivity (Wildman–Crippen MR) is 49.5 cm³/mol. The van der Waals surface area contributed by atoms with E-state index in [1.807, 2.05) is 0 Å². The van der Waals surface area contributed by atoms with Gasteiger partial charge in [0.1, 0.15) is 5.75 Å². The van der Waals surface area contributed by atoms with Crippen LogP contribution in [-0.4, -0.2) is 11.0 Å². The molecule has 0 heterocycles. The van der Waals surface area contributed by atoms with Crippen molar-refractivity contribution in [3.05, 3.63) is 35.5 Å². The minimum atomic E-state index is -0.659. The zero-order valence-electron chi connectivity index (χ0n) is 6.90. The van der Waals surface area contributed by atoms with Gasteiger partial charge in [-0.15, -0.1) is 0 Å². The van der Waals surface area contributed by atoms with Crippen LogP contribution in [0.25, 0.3) is 6.08 Å². The van der Waals surface area contributed by atoms with Crippen molar-refractivity contribution in [2.24, 2.45) is 11.5 Å². The lowest BCUT2D eigenvalue weighted by atomic mass is 10.2. The molecule has 1 amide bonds. The fourth-order valence-electron chi connectivity index (χ4n) is 0.821. The van der Waals surface area contributed by atoms with Gasteiger partial charge in [0.15, 0.2) is 0 Å². The first-order valence-electron chi connectivity index (χ1n) is 3.65. The molecule has 0 unspecified atom stereocenters. The number of aromatic hydroxyl groups is 1. The summed E-state index contributed by atoms with van der Waals surface area (Å²) in [6, 6.07) is 6.26. The van der Waals surface area contributed by atoms with E-state index >= 15 is 0 Å². The fraction of sp³-hybridized carbons (Fsp3) is 0. The summed E-state index contributed by atoms with van der Waals surface area (Å²) in [5.41, 5.74) is 11.0. The smallest absolute Gasteiger partial charge is 0.264 e. The molecular formula is C9H10N2O2. The van der Waals surface area contributed by atoms with Crippen LogP contribution in [0.1, 0.15) is 5.56 Å². The van der Waals surface area contributed by atoms with E-state index in [0.717, 1.165) is 0 Å². The van der Waals surface area contributed by atoms with Gasteiger partial charge in [0, 0.05) is 0 Å². The summed E-state index contributed by atoms with van der Waals surface area (Å²) in [4.78, 5) is 10.6. The van der Waals surface area contributed by atoms with Crippen molar-refractivity contribution in [2.45, 2.75) is 0 Å². The molecule has 1 rings (SSSR count). The van der Waals surface area contributed by atoms with Crippen LogP contribution >= 0.6 is 0 Å². The van der Waals surface area contributed by atoms with E-state index in [2.05, 4.69) is 0 Å². The topological polar surface area (TPSA) is 89.3 Å². The maximum Gasteiger partial charge on any atom is 0.264 e. The number of amides is 1. The molecular weight excluding hydrogens is 168 g/mol. The Kier molecular flexibility index (Phi) is 2.54. The number of carbonyl (C=O) groups is 1. The molecule has 0 bridgehead atoms. The van der Waals surface area contributed by atoms with E-state index in [4.69, 9.17) is 16.6 Å². The lowest BCUT2D eigenvalue weighted by molar-refractivity contribution is -0.114. The summed E-state index contributed by atoms with van der Waals surface area (Å²) in [5.74, 6) is -0.497. The molecule has 0 aromatic heterocycles. The van der Waals surface area contributed by atoms with Gasteiger partial charge in [0.05, 0.1) is 5.70 Å². The SMILES string of the molecule is NC(=O)/C(N)=C\c1ccc(O)cc1. The number of benzene rings is 1. The third kappa shape index (κ3) is 2.52. The summed E-state index contributed by atoms with van der Waals surface area (Å²) in [6.07, 6.45) is 1.45. The van der Waals surface area contributed by atoms with Crippen LogP contribution in [0.3, 0.4) is 0 Å². The molecule has 0 fully saturated rings. The predicted octanol–water partition coefficient (Wildman–Crippen LogP) is 0.177. The van der Waals surface area contributed by atoms with Gasteiger partial charge < -0.3 is 16.6 Å². The lowest BCUT2D eigenvalue weighted by Crippen LogP contribution is -2.19. The highest BCUT2D eigenvalue weighted by Crippen LogP contribution is 2.11. The number of hydrogen-bond donors (Lipinski definition) is 3. The molecule has 0 spiro atoms. The summed E-state index contributed by atoms with van der Waals surface area (Å²) >= 11 is 0. The van der Waals surface area contributed by atoms with Gasteiger partial charge in [-0.2, -0.15) is 0 Å². The van der Waals surface area contributed by atoms with Crippen LogP contribution in [-0.2, 0) is 4.79 Å².